The third-order valence-corrected chi connectivity index (χ3v) is 17.9. The number of pyridine rings is 4. The van der Waals surface area contributed by atoms with E-state index in [1.165, 1.54) is 34.1 Å². The van der Waals surface area contributed by atoms with E-state index in [1.807, 2.05) is 233 Å². The summed E-state index contributed by atoms with van der Waals surface area (Å²) in [5, 5.41) is 0. The molecular formula is C97H122N4+4. The van der Waals surface area contributed by atoms with Gasteiger partial charge < -0.3 is 0 Å². The highest BCUT2D eigenvalue weighted by Crippen LogP contribution is 2.38. The number of nitrogens with zero attached hydrogens (tertiary/aromatic N) is 4. The Morgan fingerprint density at radius 3 is 1.13 bits per heavy atom. The van der Waals surface area contributed by atoms with Crippen molar-refractivity contribution in [3.8, 4) is 78.4 Å². The highest BCUT2D eigenvalue weighted by Gasteiger charge is 2.26. The van der Waals surface area contributed by atoms with Crippen molar-refractivity contribution in [3.63, 3.8) is 0 Å². The second kappa shape index (κ2) is 32.9. The van der Waals surface area contributed by atoms with Gasteiger partial charge in [-0.25, -0.2) is 18.3 Å². The van der Waals surface area contributed by atoms with Crippen molar-refractivity contribution in [1.82, 2.24) is 0 Å². The Balaban J connectivity index is 0.000000201. The molecule has 0 bridgehead atoms. The number of aryl methyl sites for hydroxylation is 14. The predicted molar refractivity (Wildman–Crippen MR) is 434 cm³/mol. The summed E-state index contributed by atoms with van der Waals surface area (Å²) in [6, 6.07) is 56.1. The molecule has 101 heavy (non-hydrogen) atoms. The van der Waals surface area contributed by atoms with Gasteiger partial charge in [0.2, 0.25) is 22.8 Å². The van der Waals surface area contributed by atoms with Crippen molar-refractivity contribution in [2.75, 3.05) is 0 Å². The van der Waals surface area contributed by atoms with Gasteiger partial charge in [-0.3, -0.25) is 0 Å². The minimum Gasteiger partial charge on any atom is -0.201 e. The molecule has 0 aliphatic heterocycles. The highest BCUT2D eigenvalue weighted by atomic mass is 14.9. The Labute approximate surface area is 637 Å². The molecule has 4 aromatic heterocycles. The van der Waals surface area contributed by atoms with E-state index in [0.29, 0.717) is 55.6 Å². The summed E-state index contributed by atoms with van der Waals surface area (Å²) >= 11 is 0. The fraction of sp³-hybridized carbons (Fsp3) is 0.361. The zero-order chi connectivity index (χ0) is 89.6. The summed E-state index contributed by atoms with van der Waals surface area (Å²) in [7, 11) is 7.71. The standard InChI is InChI=1S/3C26H32N.C19H26N/c1-18-14-25(27(7)17-22(18)16-26(4,5)6)24-15-23(19(2)13-20(24)3)21-11-9-8-10-12-21;1-18-13-19(2)24(15-23(18)21-11-9-8-10-12-21)25-14-22(16-26(4,5)6)20(3)17-27(25)7;1-17(2)22-15-26(27(7)16-25(22)18(3)4)24-14-23(19(5)13-20(24)6)21-11-9-8-10-12-21;1-14-7-9-17(15(2)11-14)18-10-8-16(13-20(18)6)12-19(3,4)5/h2*8-15,17H,16H2,1-7H3;8-18H,1-7H3;7-11,13H,12H2,1-6H3/q4*+1/i2D3,16D2;1D3,3D3,16D2;5D3,17D,18D;. The smallest absolute Gasteiger partial charge is 0.201 e. The average Bonchev–Trinajstić information content (AvgIpc) is 0.744. The first-order valence-electron chi connectivity index (χ1n) is 44.2. The van der Waals surface area contributed by atoms with Crippen LogP contribution in [0.25, 0.3) is 78.4 Å². The fourth-order valence-electron chi connectivity index (χ4n) is 13.0. The molecule has 4 nitrogen and oxygen atoms in total. The van der Waals surface area contributed by atoms with Gasteiger partial charge in [0.05, 0.1) is 0 Å². The lowest BCUT2D eigenvalue weighted by atomic mass is 9.86. The maximum Gasteiger partial charge on any atom is 0.212 e. The number of hydrogen-bond acceptors (Lipinski definition) is 0. The van der Waals surface area contributed by atoms with Crippen molar-refractivity contribution in [2.24, 2.45) is 44.4 Å². The van der Waals surface area contributed by atoms with Crippen LogP contribution in [0.5, 0.6) is 0 Å². The van der Waals surface area contributed by atoms with Crippen LogP contribution in [-0.2, 0) is 47.4 Å². The van der Waals surface area contributed by atoms with Crippen molar-refractivity contribution in [3.05, 3.63) is 284 Å². The first kappa shape index (κ1) is 55.8. The predicted octanol–water partition coefficient (Wildman–Crippen LogP) is 23.8. The molecule has 4 heterocycles. The SMILES string of the molecule is Cc1ccc(-c2ccc(CC(C)(C)C)c[n+]2C)c(C)c1.[2H]C([2H])([2H])c1cc(C)c(-c2cc(C([2H])(C)C)c(C([2H])(C)C)c[n+]2C)cc1-c1ccccc1.[2H]C([2H])([2H])c1cc(C)c(-c2cc(C([2H])([2H])C(C)(C)C)c(C([2H])([2H])[2H])c[n+]2C)cc1-c1ccccc1.[2H]C([2H])([2H])c1cc(C)c(-c2cc(C)c(C([2H])([2H])C(C)(C)C)c[n+]2C)cc1-c1ccccc1. The molecule has 0 N–H and O–H groups in total. The van der Waals surface area contributed by atoms with E-state index < -0.39 is 62.8 Å². The van der Waals surface area contributed by atoms with Gasteiger partial charge >= 0.3 is 0 Å². The maximum absolute atomic E-state index is 8.85. The molecule has 0 amide bonds. The van der Waals surface area contributed by atoms with Gasteiger partial charge in [0, 0.05) is 93.4 Å². The Hall–Kier alpha value is -8.86. The molecule has 0 radical (unpaired) electrons. The Bertz CT molecular complexity index is 5470. The lowest BCUT2D eigenvalue weighted by Crippen LogP contribution is -2.32. The molecule has 0 atom stereocenters. The largest absolute Gasteiger partial charge is 0.212 e. The molecule has 0 aliphatic rings. The second-order valence-electron chi connectivity index (χ2n) is 31.1. The quantitative estimate of drug-likeness (QED) is 0.108. The Kier molecular flexibility index (Phi) is 18.1. The number of hydrogen-bond donors (Lipinski definition) is 0. The number of benzene rings is 7. The van der Waals surface area contributed by atoms with Gasteiger partial charge in [-0.2, -0.15) is 0 Å². The molecule has 4 heteroatoms. The Morgan fingerprint density at radius 1 is 0.327 bits per heavy atom. The molecule has 0 spiro atoms. The molecule has 0 saturated heterocycles. The second-order valence-corrected chi connectivity index (χ2v) is 31.1. The summed E-state index contributed by atoms with van der Waals surface area (Å²) in [6.45, 7) is 27.8. The maximum atomic E-state index is 8.85. The molecule has 0 fully saturated rings. The molecule has 0 unspecified atom stereocenters. The topological polar surface area (TPSA) is 15.5 Å². The van der Waals surface area contributed by atoms with Gasteiger partial charge in [0.15, 0.2) is 24.8 Å². The highest BCUT2D eigenvalue weighted by molar-refractivity contribution is 5.78. The third kappa shape index (κ3) is 20.5. The lowest BCUT2D eigenvalue weighted by Gasteiger charge is -2.20. The van der Waals surface area contributed by atoms with Crippen molar-refractivity contribution >= 4 is 0 Å². The van der Waals surface area contributed by atoms with E-state index in [9.17, 15) is 0 Å². The molecule has 7 aromatic carbocycles. The van der Waals surface area contributed by atoms with Crippen LogP contribution in [0, 0.1) is 85.2 Å². The van der Waals surface area contributed by atoms with Gasteiger partial charge in [-0.15, -0.1) is 0 Å². The molecule has 11 aromatic rings. The van der Waals surface area contributed by atoms with Crippen LogP contribution in [0.1, 0.15) is 210 Å². The van der Waals surface area contributed by atoms with E-state index in [-0.39, 0.29) is 16.7 Å². The normalized spacial score (nSPS) is 15.2. The Morgan fingerprint density at radius 2 is 0.723 bits per heavy atom. The molecular weight excluding hydrogens is 1220 g/mol. The third-order valence-electron chi connectivity index (χ3n) is 17.9. The van der Waals surface area contributed by atoms with Crippen molar-refractivity contribution < 1.29 is 42.9 Å². The number of aromatic nitrogens is 4. The van der Waals surface area contributed by atoms with E-state index in [4.69, 9.17) is 24.7 Å². The first-order valence-corrected chi connectivity index (χ1v) is 35.2. The van der Waals surface area contributed by atoms with Crippen LogP contribution in [0.15, 0.2) is 201 Å². The van der Waals surface area contributed by atoms with Gasteiger partial charge in [0.1, 0.15) is 28.2 Å². The molecule has 0 aliphatic carbocycles. The van der Waals surface area contributed by atoms with E-state index in [2.05, 4.69) is 82.8 Å². The van der Waals surface area contributed by atoms with E-state index in [0.717, 1.165) is 73.4 Å². The minimum absolute atomic E-state index is 0.0382. The van der Waals surface area contributed by atoms with E-state index >= 15 is 0 Å². The zero-order valence-electron chi connectivity index (χ0n) is 82.5. The van der Waals surface area contributed by atoms with E-state index in [1.54, 1.807) is 56.7 Å². The summed E-state index contributed by atoms with van der Waals surface area (Å²) in [5.41, 5.74) is 21.5. The first-order chi connectivity index (χ1) is 54.4. The van der Waals surface area contributed by atoms with Crippen molar-refractivity contribution in [2.45, 2.75) is 190 Å². The van der Waals surface area contributed by atoms with Crippen LogP contribution < -0.4 is 18.3 Å². The summed E-state index contributed by atoms with van der Waals surface area (Å²) in [6.07, 6.45) is 5.22. The fourth-order valence-corrected chi connectivity index (χ4v) is 13.0. The summed E-state index contributed by atoms with van der Waals surface area (Å²) < 4.78 is 157. The van der Waals surface area contributed by atoms with Crippen molar-refractivity contribution in [1.29, 1.82) is 0 Å². The van der Waals surface area contributed by atoms with Gasteiger partial charge in [0.25, 0.3) is 0 Å². The summed E-state index contributed by atoms with van der Waals surface area (Å²) in [4.78, 5) is 0. The van der Waals surface area contributed by atoms with Crippen LogP contribution >= 0.6 is 0 Å². The van der Waals surface area contributed by atoms with Crippen LogP contribution in [0.2, 0.25) is 0 Å². The van der Waals surface area contributed by atoms with Crippen LogP contribution in [0.3, 0.4) is 0 Å². The zero-order valence-corrected chi connectivity index (χ0v) is 64.5. The average molecular weight is 1360 g/mol. The minimum atomic E-state index is -2.50. The summed E-state index contributed by atoms with van der Waals surface area (Å²) in [5.74, 6) is -1.73. The molecule has 0 saturated carbocycles. The number of rotatable bonds is 12. The van der Waals surface area contributed by atoms with Gasteiger partial charge in [-0.05, 0) is 235 Å². The monoisotopic (exact) mass is 1360 g/mol. The van der Waals surface area contributed by atoms with Crippen LogP contribution in [0.4, 0.5) is 0 Å². The van der Waals surface area contributed by atoms with Crippen LogP contribution in [-0.4, -0.2) is 0 Å². The van der Waals surface area contributed by atoms with Gasteiger partial charge in [-0.1, -0.05) is 217 Å². The molecule has 11 rings (SSSR count). The lowest BCUT2D eigenvalue weighted by molar-refractivity contribution is -0.661. The molecule has 526 valence electrons.